The number of aliphatic hydroxyl groups is 5. The van der Waals surface area contributed by atoms with Gasteiger partial charge >= 0.3 is 5.63 Å². The van der Waals surface area contributed by atoms with Crippen LogP contribution in [0.15, 0.2) is 33.5 Å². The first-order valence-electron chi connectivity index (χ1n) is 7.59. The topological polar surface area (TPSA) is 150 Å². The summed E-state index contributed by atoms with van der Waals surface area (Å²) >= 11 is 0. The highest BCUT2D eigenvalue weighted by molar-refractivity contribution is 5.79. The zero-order valence-electron chi connectivity index (χ0n) is 13.0. The summed E-state index contributed by atoms with van der Waals surface area (Å²) in [5.41, 5.74) is -0.0364. The average molecular weight is 354 g/mol. The monoisotopic (exact) mass is 354 g/mol. The van der Waals surface area contributed by atoms with Crippen LogP contribution in [0.5, 0.6) is 5.75 Å². The Morgan fingerprint density at radius 3 is 2.48 bits per heavy atom. The summed E-state index contributed by atoms with van der Waals surface area (Å²) in [7, 11) is 0. The number of ether oxygens (including phenoxy) is 2. The third kappa shape index (κ3) is 3.38. The number of hydrogen-bond donors (Lipinski definition) is 5. The van der Waals surface area contributed by atoms with Gasteiger partial charge in [0.15, 0.2) is 0 Å². The fraction of sp³-hybridized carbons (Fsp3) is 0.438. The molecule has 0 amide bonds. The van der Waals surface area contributed by atoms with E-state index in [0.29, 0.717) is 10.9 Å². The molecule has 1 aliphatic heterocycles. The summed E-state index contributed by atoms with van der Waals surface area (Å²) in [6, 6.07) is 5.65. The van der Waals surface area contributed by atoms with Gasteiger partial charge in [0.25, 0.3) is 0 Å². The van der Waals surface area contributed by atoms with E-state index >= 15 is 0 Å². The van der Waals surface area contributed by atoms with Crippen molar-refractivity contribution in [3.05, 3.63) is 40.2 Å². The van der Waals surface area contributed by atoms with E-state index in [4.69, 9.17) is 13.9 Å². The van der Waals surface area contributed by atoms with Gasteiger partial charge in [-0.25, -0.2) is 4.79 Å². The normalized spacial score (nSPS) is 29.7. The van der Waals surface area contributed by atoms with Crippen molar-refractivity contribution in [2.45, 2.75) is 37.3 Å². The minimum absolute atomic E-state index is 0.0636. The first kappa shape index (κ1) is 17.8. The van der Waals surface area contributed by atoms with Crippen molar-refractivity contribution in [1.82, 2.24) is 0 Å². The summed E-state index contributed by atoms with van der Waals surface area (Å²) in [6.45, 7) is -0.994. The third-order valence-corrected chi connectivity index (χ3v) is 4.06. The van der Waals surface area contributed by atoms with E-state index in [1.54, 1.807) is 0 Å². The van der Waals surface area contributed by atoms with E-state index in [1.807, 2.05) is 0 Å². The lowest BCUT2D eigenvalue weighted by atomic mass is 9.99. The van der Waals surface area contributed by atoms with Crippen molar-refractivity contribution in [3.8, 4) is 5.75 Å². The highest BCUT2D eigenvalue weighted by Gasteiger charge is 2.44. The lowest BCUT2D eigenvalue weighted by molar-refractivity contribution is -0.277. The minimum Gasteiger partial charge on any atom is -0.461 e. The van der Waals surface area contributed by atoms with Crippen LogP contribution in [0.1, 0.15) is 5.56 Å². The van der Waals surface area contributed by atoms with Crippen LogP contribution in [-0.4, -0.2) is 62.8 Å². The fourth-order valence-electron chi connectivity index (χ4n) is 2.67. The Morgan fingerprint density at radius 2 is 1.80 bits per heavy atom. The van der Waals surface area contributed by atoms with Gasteiger partial charge in [0.1, 0.15) is 35.7 Å². The number of fused-ring (bicyclic) bond motifs is 1. The van der Waals surface area contributed by atoms with Crippen molar-refractivity contribution in [1.29, 1.82) is 0 Å². The van der Waals surface area contributed by atoms with Crippen molar-refractivity contribution < 1.29 is 39.4 Å². The molecule has 0 spiro atoms. The zero-order chi connectivity index (χ0) is 18.1. The molecule has 9 heteroatoms. The first-order valence-corrected chi connectivity index (χ1v) is 7.59. The smallest absolute Gasteiger partial charge is 0.336 e. The van der Waals surface area contributed by atoms with Gasteiger partial charge in [0.05, 0.1) is 13.2 Å². The van der Waals surface area contributed by atoms with Gasteiger partial charge in [0.2, 0.25) is 6.29 Å². The van der Waals surface area contributed by atoms with Crippen molar-refractivity contribution in [2.75, 3.05) is 6.61 Å². The van der Waals surface area contributed by atoms with Crippen LogP contribution in [0.4, 0.5) is 0 Å². The van der Waals surface area contributed by atoms with Crippen LogP contribution in [0.2, 0.25) is 0 Å². The van der Waals surface area contributed by atoms with Gasteiger partial charge < -0.3 is 39.4 Å². The second-order valence-corrected chi connectivity index (χ2v) is 5.73. The average Bonchev–Trinajstić information content (AvgIpc) is 2.61. The second-order valence-electron chi connectivity index (χ2n) is 5.73. The van der Waals surface area contributed by atoms with E-state index in [2.05, 4.69) is 0 Å². The fourth-order valence-corrected chi connectivity index (χ4v) is 2.67. The predicted octanol–water partition coefficient (Wildman–Crippen LogP) is -1.54. The molecule has 0 aliphatic carbocycles. The molecule has 2 aromatic rings. The van der Waals surface area contributed by atoms with Gasteiger partial charge in [-0.2, -0.15) is 0 Å². The molecule has 2 heterocycles. The summed E-state index contributed by atoms with van der Waals surface area (Å²) < 4.78 is 15.8. The largest absolute Gasteiger partial charge is 0.461 e. The number of hydrogen-bond acceptors (Lipinski definition) is 9. The Morgan fingerprint density at radius 1 is 1.04 bits per heavy atom. The van der Waals surface area contributed by atoms with Gasteiger partial charge in [-0.15, -0.1) is 0 Å². The number of rotatable bonds is 4. The van der Waals surface area contributed by atoms with Gasteiger partial charge in [0, 0.05) is 23.1 Å². The quantitative estimate of drug-likeness (QED) is 0.412. The second kappa shape index (κ2) is 7.08. The molecule has 3 rings (SSSR count). The Labute approximate surface area is 141 Å². The van der Waals surface area contributed by atoms with Crippen LogP contribution < -0.4 is 10.4 Å². The van der Waals surface area contributed by atoms with E-state index in [9.17, 15) is 30.3 Å². The molecule has 5 atom stereocenters. The maximum absolute atomic E-state index is 11.3. The van der Waals surface area contributed by atoms with Crippen LogP contribution in [0.25, 0.3) is 11.0 Å². The van der Waals surface area contributed by atoms with Gasteiger partial charge in [-0.05, 0) is 12.1 Å². The van der Waals surface area contributed by atoms with Crippen molar-refractivity contribution in [2.24, 2.45) is 0 Å². The van der Waals surface area contributed by atoms with E-state index in [0.717, 1.165) is 0 Å². The molecule has 5 unspecified atom stereocenters. The lowest BCUT2D eigenvalue weighted by Crippen LogP contribution is -2.60. The van der Waals surface area contributed by atoms with Crippen LogP contribution in [-0.2, 0) is 11.3 Å². The molecule has 0 bridgehead atoms. The highest BCUT2D eigenvalue weighted by atomic mass is 16.7. The van der Waals surface area contributed by atoms with Crippen LogP contribution in [0.3, 0.4) is 0 Å². The number of aliphatic hydroxyl groups excluding tert-OH is 5. The molecule has 1 aromatic carbocycles. The molecule has 1 aromatic heterocycles. The van der Waals surface area contributed by atoms with E-state index < -0.39 is 49.5 Å². The SMILES string of the molecule is O=c1ccc2cc(CO)c(OC3OC(CO)C(O)C(O)C3O)cc2o1. The van der Waals surface area contributed by atoms with Crippen LogP contribution >= 0.6 is 0 Å². The molecule has 0 radical (unpaired) electrons. The Balaban J connectivity index is 1.94. The molecule has 1 aliphatic rings. The number of benzene rings is 1. The summed E-state index contributed by atoms with van der Waals surface area (Å²) in [6.07, 6.45) is -7.23. The van der Waals surface area contributed by atoms with E-state index in [-0.39, 0.29) is 11.3 Å². The van der Waals surface area contributed by atoms with Crippen molar-refractivity contribution >= 4 is 11.0 Å². The standard InChI is InChI=1S/C16H18O9/c17-5-8-3-7-1-2-12(19)23-9(7)4-10(8)24-16-15(22)14(21)13(20)11(6-18)25-16/h1-4,11,13-18,20-22H,5-6H2. The molecule has 1 saturated heterocycles. The predicted molar refractivity (Wildman–Crippen MR) is 82.8 cm³/mol. The summed E-state index contributed by atoms with van der Waals surface area (Å²) in [5, 5.41) is 48.9. The maximum atomic E-state index is 11.3. The Hall–Kier alpha value is -2.01. The molecule has 1 fully saturated rings. The minimum atomic E-state index is -1.59. The highest BCUT2D eigenvalue weighted by Crippen LogP contribution is 2.29. The lowest BCUT2D eigenvalue weighted by Gasteiger charge is -2.39. The van der Waals surface area contributed by atoms with Crippen molar-refractivity contribution in [3.63, 3.8) is 0 Å². The first-order chi connectivity index (χ1) is 11.9. The molecule has 9 nitrogen and oxygen atoms in total. The molecule has 5 N–H and O–H groups in total. The summed E-state index contributed by atoms with van der Waals surface area (Å²) in [4.78, 5) is 11.3. The molecule has 136 valence electrons. The Bertz CT molecular complexity index is 800. The molecule has 25 heavy (non-hydrogen) atoms. The van der Waals surface area contributed by atoms with Crippen LogP contribution in [0, 0.1) is 0 Å². The van der Waals surface area contributed by atoms with Gasteiger partial charge in [-0.1, -0.05) is 0 Å². The molecular formula is C16H18O9. The van der Waals surface area contributed by atoms with E-state index in [1.165, 1.54) is 24.3 Å². The Kier molecular flexibility index (Phi) is 5.04. The molecular weight excluding hydrogens is 336 g/mol. The van der Waals surface area contributed by atoms with Gasteiger partial charge in [-0.3, -0.25) is 0 Å². The molecule has 0 saturated carbocycles. The zero-order valence-corrected chi connectivity index (χ0v) is 13.0. The summed E-state index contributed by atoms with van der Waals surface area (Å²) in [5.74, 6) is 0.0636. The maximum Gasteiger partial charge on any atom is 0.336 e. The third-order valence-electron chi connectivity index (χ3n) is 4.06.